The normalized spacial score (nSPS) is 53.4. The highest BCUT2D eigenvalue weighted by Gasteiger charge is 2.59. The minimum Gasteiger partial charge on any atom is -0.394 e. The molecule has 20 N–H and O–H groups in total. The molecule has 0 aromatic rings. The summed E-state index contributed by atoms with van der Waals surface area (Å²) in [4.78, 5) is 12.9. The van der Waals surface area contributed by atoms with E-state index in [1.54, 1.807) is 0 Å². The summed E-state index contributed by atoms with van der Waals surface area (Å²) in [6.07, 6.45) is -21.4. The number of hydrogen-bond acceptors (Lipinski definition) is 21. The number of rotatable bonds is 12. The molecule has 5 fully saturated rings. The van der Waals surface area contributed by atoms with Gasteiger partial charge in [-0.15, -0.1) is 0 Å². The average molecular weight is 713 g/mol. The van der Waals surface area contributed by atoms with Crippen LogP contribution in [0.3, 0.4) is 0 Å². The van der Waals surface area contributed by atoms with E-state index < -0.39 is 140 Å². The molecule has 0 aromatic carbocycles. The van der Waals surface area contributed by atoms with Crippen LogP contribution >= 0.6 is 0 Å². The van der Waals surface area contributed by atoms with Crippen molar-refractivity contribution in [3.8, 4) is 0 Å². The Balaban J connectivity index is 1.36. The number of Topliss-reactive ketones (excluding diaryl/α,β-unsaturated/α-hetero) is 1. The quantitative estimate of drug-likeness (QED) is 0.0892. The monoisotopic (exact) mass is 712 g/mol. The lowest BCUT2D eigenvalue weighted by atomic mass is 9.76. The first-order valence-corrected chi connectivity index (χ1v) is 16.4. The van der Waals surface area contributed by atoms with E-state index in [1.807, 2.05) is 0 Å². The summed E-state index contributed by atoms with van der Waals surface area (Å²) in [5, 5.41) is 85.0. The van der Waals surface area contributed by atoms with Gasteiger partial charge in [-0.25, -0.2) is 0 Å². The molecule has 0 aromatic heterocycles. The fraction of sp³-hybridized carbons (Fsp3) is 0.964. The first-order chi connectivity index (χ1) is 23.1. The number of aliphatic hydroxyl groups is 8. The summed E-state index contributed by atoms with van der Waals surface area (Å²) in [5.41, 5.74) is 34.0. The van der Waals surface area contributed by atoms with E-state index in [1.165, 1.54) is 0 Å². The molecule has 0 radical (unpaired) electrons. The highest BCUT2D eigenvalue weighted by Crippen LogP contribution is 2.41. The minimum atomic E-state index is -1.73. The third-order valence-corrected chi connectivity index (χ3v) is 10.4. The topological polar surface area (TPSA) is 390 Å². The molecular formula is C28H52N6O15. The van der Waals surface area contributed by atoms with Crippen LogP contribution in [0.1, 0.15) is 19.3 Å². The Kier molecular flexibility index (Phi) is 12.3. The summed E-state index contributed by atoms with van der Waals surface area (Å²) in [7, 11) is 0. The van der Waals surface area contributed by atoms with Crippen molar-refractivity contribution < 1.29 is 74.1 Å². The van der Waals surface area contributed by atoms with E-state index in [2.05, 4.69) is 0 Å². The summed E-state index contributed by atoms with van der Waals surface area (Å²) in [5.74, 6) is -1.50. The molecule has 284 valence electrons. The van der Waals surface area contributed by atoms with Gasteiger partial charge < -0.3 is 104 Å². The van der Waals surface area contributed by atoms with Gasteiger partial charge in [0.1, 0.15) is 72.7 Å². The van der Waals surface area contributed by atoms with Gasteiger partial charge in [0.05, 0.1) is 24.8 Å². The van der Waals surface area contributed by atoms with Gasteiger partial charge in [-0.1, -0.05) is 0 Å². The Bertz CT molecular complexity index is 1130. The molecule has 49 heavy (non-hydrogen) atoms. The van der Waals surface area contributed by atoms with Crippen LogP contribution in [0.15, 0.2) is 0 Å². The van der Waals surface area contributed by atoms with E-state index in [9.17, 15) is 45.6 Å². The lowest BCUT2D eigenvalue weighted by Crippen LogP contribution is -2.67. The average Bonchev–Trinajstić information content (AvgIpc) is 3.60. The fourth-order valence-corrected chi connectivity index (χ4v) is 7.02. The SMILES string of the molecule is NC[C@@H]1O[C@H](O[C@H]2[C@@H](O)[C@H](O[C@@H]3[C@@H](O)[C@H](CC(=O)C4(O)CC4N)C[C@H](N)[C@H]3O[C@H]3O[C@H](CN)[C@@H](O)[C@H](O)[C@H]3N)O[C@@H]2CO)[C@H](N)[C@@H](O)[C@@H]1O. The molecule has 2 aliphatic carbocycles. The minimum absolute atomic E-state index is 0.0251. The molecular weight excluding hydrogens is 660 g/mol. The van der Waals surface area contributed by atoms with Gasteiger partial charge in [0.15, 0.2) is 24.7 Å². The first-order valence-electron chi connectivity index (χ1n) is 16.4. The van der Waals surface area contributed by atoms with Gasteiger partial charge in [0.25, 0.3) is 0 Å². The number of nitrogens with two attached hydrogens (primary N) is 6. The summed E-state index contributed by atoms with van der Waals surface area (Å²) < 4.78 is 35.1. The Morgan fingerprint density at radius 3 is 1.61 bits per heavy atom. The van der Waals surface area contributed by atoms with Crippen LogP contribution in [0, 0.1) is 5.92 Å². The molecule has 2 saturated carbocycles. The Morgan fingerprint density at radius 1 is 0.673 bits per heavy atom. The summed E-state index contributed by atoms with van der Waals surface area (Å²) >= 11 is 0. The second kappa shape index (κ2) is 15.5. The first kappa shape index (κ1) is 39.1. The second-order valence-corrected chi connectivity index (χ2v) is 13.7. The lowest BCUT2D eigenvalue weighted by molar-refractivity contribution is -0.309. The van der Waals surface area contributed by atoms with Crippen LogP contribution < -0.4 is 34.4 Å². The van der Waals surface area contributed by atoms with Crippen molar-refractivity contribution in [3.05, 3.63) is 0 Å². The zero-order valence-corrected chi connectivity index (χ0v) is 26.7. The van der Waals surface area contributed by atoms with Gasteiger partial charge >= 0.3 is 0 Å². The molecule has 3 saturated heterocycles. The van der Waals surface area contributed by atoms with E-state index >= 15 is 0 Å². The maximum absolute atomic E-state index is 12.9. The molecule has 21 atom stereocenters. The Labute approximate surface area is 281 Å². The van der Waals surface area contributed by atoms with E-state index in [0.717, 1.165) is 0 Å². The third-order valence-electron chi connectivity index (χ3n) is 10.4. The predicted molar refractivity (Wildman–Crippen MR) is 161 cm³/mol. The van der Waals surface area contributed by atoms with Crippen molar-refractivity contribution in [1.29, 1.82) is 0 Å². The third kappa shape index (κ3) is 7.54. The highest BCUT2D eigenvalue weighted by atomic mass is 16.8. The lowest BCUT2D eigenvalue weighted by Gasteiger charge is -2.48. The van der Waals surface area contributed by atoms with Crippen LogP contribution in [-0.2, 0) is 33.2 Å². The van der Waals surface area contributed by atoms with Crippen molar-refractivity contribution >= 4 is 5.78 Å². The number of ether oxygens (including phenoxy) is 6. The van der Waals surface area contributed by atoms with Crippen molar-refractivity contribution in [2.45, 2.75) is 141 Å². The number of carbonyl (C=O) groups excluding carboxylic acids is 1. The number of ketones is 1. The number of carbonyl (C=O) groups is 1. The maximum atomic E-state index is 12.9. The van der Waals surface area contributed by atoms with Crippen LogP contribution in [-0.4, -0.2) is 188 Å². The van der Waals surface area contributed by atoms with E-state index in [-0.39, 0.29) is 32.4 Å². The fourth-order valence-electron chi connectivity index (χ4n) is 7.02. The second-order valence-electron chi connectivity index (χ2n) is 13.7. The van der Waals surface area contributed by atoms with Gasteiger partial charge in [-0.05, 0) is 12.3 Å². The maximum Gasteiger partial charge on any atom is 0.187 e. The molecule has 2 unspecified atom stereocenters. The van der Waals surface area contributed by atoms with Gasteiger partial charge in [0, 0.05) is 38.0 Å². The van der Waals surface area contributed by atoms with E-state index in [0.29, 0.717) is 0 Å². The molecule has 0 bridgehead atoms. The largest absolute Gasteiger partial charge is 0.394 e. The molecule has 3 heterocycles. The molecule has 3 aliphatic heterocycles. The molecule has 21 nitrogen and oxygen atoms in total. The molecule has 21 heteroatoms. The zero-order chi connectivity index (χ0) is 36.1. The summed E-state index contributed by atoms with van der Waals surface area (Å²) in [6.45, 7) is -1.11. The van der Waals surface area contributed by atoms with Crippen LogP contribution in [0.4, 0.5) is 0 Å². The van der Waals surface area contributed by atoms with Crippen molar-refractivity contribution in [3.63, 3.8) is 0 Å². The predicted octanol–water partition coefficient (Wildman–Crippen LogP) is -9.19. The van der Waals surface area contributed by atoms with Crippen molar-refractivity contribution in [2.24, 2.45) is 40.3 Å². The molecule has 5 rings (SSSR count). The van der Waals surface area contributed by atoms with Gasteiger partial charge in [-0.3, -0.25) is 4.79 Å². The summed E-state index contributed by atoms with van der Waals surface area (Å²) in [6, 6.07) is -4.35. The Morgan fingerprint density at radius 2 is 1.14 bits per heavy atom. The van der Waals surface area contributed by atoms with Crippen molar-refractivity contribution in [2.75, 3.05) is 19.7 Å². The Hall–Kier alpha value is -1.13. The van der Waals surface area contributed by atoms with E-state index in [4.69, 9.17) is 62.8 Å². The molecule has 0 amide bonds. The van der Waals surface area contributed by atoms with Crippen LogP contribution in [0.5, 0.6) is 0 Å². The smallest absolute Gasteiger partial charge is 0.187 e. The number of hydrogen-bond donors (Lipinski definition) is 14. The van der Waals surface area contributed by atoms with Crippen molar-refractivity contribution in [1.82, 2.24) is 0 Å². The van der Waals surface area contributed by atoms with Gasteiger partial charge in [0.2, 0.25) is 0 Å². The highest BCUT2D eigenvalue weighted by molar-refractivity contribution is 5.91. The van der Waals surface area contributed by atoms with Crippen LogP contribution in [0.25, 0.3) is 0 Å². The number of aliphatic hydroxyl groups excluding tert-OH is 7. The van der Waals surface area contributed by atoms with Gasteiger partial charge in [-0.2, -0.15) is 0 Å². The molecule has 5 aliphatic rings. The molecule has 0 spiro atoms. The zero-order valence-electron chi connectivity index (χ0n) is 26.7. The van der Waals surface area contributed by atoms with Crippen LogP contribution in [0.2, 0.25) is 0 Å². The standard InChI is InChI=1S/C28H52N6O15/c29-4-9-17(38)19(40)14(33)25(44-9)47-22-8(31)1-7(2-13(36)28(43)3-12(28)32)16(37)24(22)49-27-21(42)23(11(6-35)46-27)48-26-15(34)20(41)18(39)10(5-30)45-26/h7-12,14-27,35,37-43H,1-6,29-34H2/t7-,8-,9+,10-,11+,12?,14+,15+,16-,17+,18+,19+,20+,21+,22+,23+,24+,25+,26+,27-,28?/m0/s1.